The van der Waals surface area contributed by atoms with Crippen molar-refractivity contribution in [1.82, 2.24) is 14.3 Å². The molecule has 25 heavy (non-hydrogen) atoms. The molecule has 3 rings (SSSR count). The molecule has 10 heteroatoms. The highest BCUT2D eigenvalue weighted by Gasteiger charge is 2.18. The number of carbonyl (C=O) groups is 1. The van der Waals surface area contributed by atoms with E-state index in [0.29, 0.717) is 18.8 Å². The van der Waals surface area contributed by atoms with Crippen molar-refractivity contribution in [2.45, 2.75) is 38.8 Å². The molecule has 1 aliphatic heterocycles. The van der Waals surface area contributed by atoms with E-state index in [2.05, 4.69) is 10.4 Å². The van der Waals surface area contributed by atoms with Crippen LogP contribution < -0.4 is 11.0 Å². The number of aryl methyl sites for hydroxylation is 1. The summed E-state index contributed by atoms with van der Waals surface area (Å²) in [7, 11) is 0. The van der Waals surface area contributed by atoms with Crippen LogP contribution in [0.25, 0.3) is 0 Å². The van der Waals surface area contributed by atoms with Crippen molar-refractivity contribution in [2.24, 2.45) is 0 Å². The molecule has 0 spiro atoms. The lowest BCUT2D eigenvalue weighted by molar-refractivity contribution is -0.387. The molecule has 1 aliphatic rings. The van der Waals surface area contributed by atoms with E-state index in [1.165, 1.54) is 6.07 Å². The fourth-order valence-corrected chi connectivity index (χ4v) is 2.80. The molecule has 2 heterocycles. The van der Waals surface area contributed by atoms with Crippen LogP contribution in [0.2, 0.25) is 0 Å². The van der Waals surface area contributed by atoms with E-state index in [9.17, 15) is 24.1 Å². The van der Waals surface area contributed by atoms with Gasteiger partial charge >= 0.3 is 11.4 Å². The number of nitrogens with one attached hydrogen (secondary N) is 1. The normalized spacial score (nSPS) is 13.8. The fraction of sp³-hybridized carbons (Fsp3) is 0.400. The molecule has 0 atom stereocenters. The van der Waals surface area contributed by atoms with Gasteiger partial charge in [-0.1, -0.05) is 6.42 Å². The number of benzene rings is 1. The van der Waals surface area contributed by atoms with Crippen LogP contribution in [0.4, 0.5) is 15.8 Å². The minimum atomic E-state index is -0.989. The Balaban J connectivity index is 1.74. The lowest BCUT2D eigenvalue weighted by Gasteiger charge is -2.05. The molecular formula is C15H16FN5O4. The number of anilines is 1. The molecule has 0 fully saturated rings. The van der Waals surface area contributed by atoms with E-state index in [1.807, 2.05) is 0 Å². The van der Waals surface area contributed by atoms with Gasteiger partial charge in [-0.25, -0.2) is 9.48 Å². The lowest BCUT2D eigenvalue weighted by Crippen LogP contribution is -2.30. The van der Waals surface area contributed by atoms with Gasteiger partial charge in [0.05, 0.1) is 4.92 Å². The van der Waals surface area contributed by atoms with Crippen LogP contribution in [0.15, 0.2) is 23.0 Å². The zero-order chi connectivity index (χ0) is 18.0. The standard InChI is InChI=1S/C15H16FN5O4/c16-11-6-5-10(8-12(11)21(24)25)17-14(22)9-20-15(23)19-7-3-1-2-4-13(19)18-20/h5-6,8H,1-4,7,9H2,(H,17,22). The van der Waals surface area contributed by atoms with E-state index in [4.69, 9.17) is 0 Å². The van der Waals surface area contributed by atoms with E-state index < -0.39 is 22.3 Å². The number of hydrogen-bond donors (Lipinski definition) is 1. The largest absolute Gasteiger partial charge is 0.346 e. The molecule has 1 N–H and O–H groups in total. The average molecular weight is 349 g/mol. The number of halogens is 1. The first-order valence-corrected chi connectivity index (χ1v) is 7.86. The second-order valence-corrected chi connectivity index (χ2v) is 5.79. The molecule has 0 saturated carbocycles. The van der Waals surface area contributed by atoms with Crippen LogP contribution >= 0.6 is 0 Å². The van der Waals surface area contributed by atoms with Gasteiger partial charge in [0.15, 0.2) is 0 Å². The molecule has 0 saturated heterocycles. The first-order valence-electron chi connectivity index (χ1n) is 7.86. The fourth-order valence-electron chi connectivity index (χ4n) is 2.80. The highest BCUT2D eigenvalue weighted by Crippen LogP contribution is 2.21. The van der Waals surface area contributed by atoms with E-state index in [0.717, 1.165) is 36.1 Å². The zero-order valence-electron chi connectivity index (χ0n) is 13.3. The Kier molecular flexibility index (Phi) is 4.59. The van der Waals surface area contributed by atoms with Crippen LogP contribution in [-0.4, -0.2) is 25.2 Å². The second kappa shape index (κ2) is 6.83. The summed E-state index contributed by atoms with van der Waals surface area (Å²) >= 11 is 0. The SMILES string of the molecule is O=C(Cn1nc2n(c1=O)CCCCC2)Nc1ccc(F)c([N+](=O)[O-])c1. The molecule has 1 aromatic carbocycles. The van der Waals surface area contributed by atoms with Crippen molar-refractivity contribution < 1.29 is 14.1 Å². The van der Waals surface area contributed by atoms with Gasteiger partial charge < -0.3 is 5.32 Å². The summed E-state index contributed by atoms with van der Waals surface area (Å²) in [5.74, 6) is -0.902. The van der Waals surface area contributed by atoms with Crippen molar-refractivity contribution in [1.29, 1.82) is 0 Å². The summed E-state index contributed by atoms with van der Waals surface area (Å²) in [6, 6.07) is 3.04. The van der Waals surface area contributed by atoms with Gasteiger partial charge in [0.2, 0.25) is 11.7 Å². The summed E-state index contributed by atoms with van der Waals surface area (Å²) in [5.41, 5.74) is -1.01. The molecule has 9 nitrogen and oxygen atoms in total. The Hall–Kier alpha value is -3.04. The Morgan fingerprint density at radius 2 is 2.16 bits per heavy atom. The van der Waals surface area contributed by atoms with Gasteiger partial charge in [0.25, 0.3) is 0 Å². The smallest absolute Gasteiger partial charge is 0.324 e. The van der Waals surface area contributed by atoms with E-state index >= 15 is 0 Å². The van der Waals surface area contributed by atoms with E-state index in [1.54, 1.807) is 4.57 Å². The first kappa shape index (κ1) is 16.8. The molecule has 2 aromatic rings. The van der Waals surface area contributed by atoms with Gasteiger partial charge in [-0.3, -0.25) is 19.5 Å². The number of nitro benzene ring substituents is 1. The van der Waals surface area contributed by atoms with Crippen molar-refractivity contribution in [3.63, 3.8) is 0 Å². The summed E-state index contributed by atoms with van der Waals surface area (Å²) in [6.07, 6.45) is 3.56. The Bertz CT molecular complexity index is 889. The highest BCUT2D eigenvalue weighted by atomic mass is 19.1. The van der Waals surface area contributed by atoms with E-state index in [-0.39, 0.29) is 17.9 Å². The monoisotopic (exact) mass is 349 g/mol. The Morgan fingerprint density at radius 1 is 1.36 bits per heavy atom. The van der Waals surface area contributed by atoms with Crippen molar-refractivity contribution in [3.8, 4) is 0 Å². The third-order valence-corrected chi connectivity index (χ3v) is 4.00. The minimum Gasteiger partial charge on any atom is -0.324 e. The number of aromatic nitrogens is 3. The van der Waals surface area contributed by atoms with Gasteiger partial charge in [-0.15, -0.1) is 0 Å². The van der Waals surface area contributed by atoms with Gasteiger partial charge in [0, 0.05) is 24.7 Å². The van der Waals surface area contributed by atoms with Crippen LogP contribution in [0.1, 0.15) is 25.1 Å². The zero-order valence-corrected chi connectivity index (χ0v) is 13.3. The number of carbonyl (C=O) groups excluding carboxylic acids is 1. The van der Waals surface area contributed by atoms with Crippen LogP contribution in [0.5, 0.6) is 0 Å². The highest BCUT2D eigenvalue weighted by molar-refractivity contribution is 5.90. The Morgan fingerprint density at radius 3 is 2.92 bits per heavy atom. The van der Waals surface area contributed by atoms with Crippen LogP contribution in [-0.2, 0) is 24.3 Å². The van der Waals surface area contributed by atoms with Gasteiger partial charge in [0.1, 0.15) is 12.4 Å². The third kappa shape index (κ3) is 3.57. The molecule has 132 valence electrons. The minimum absolute atomic E-state index is 0.0759. The molecule has 0 unspecified atom stereocenters. The molecule has 1 aromatic heterocycles. The lowest BCUT2D eigenvalue weighted by atomic mass is 10.2. The van der Waals surface area contributed by atoms with Crippen molar-refractivity contribution in [3.05, 3.63) is 50.4 Å². The molecule has 0 radical (unpaired) electrons. The summed E-state index contributed by atoms with van der Waals surface area (Å²) in [6.45, 7) is 0.268. The topological polar surface area (TPSA) is 112 Å². The number of hydrogen-bond acceptors (Lipinski definition) is 5. The maximum atomic E-state index is 13.3. The number of nitro groups is 1. The second-order valence-electron chi connectivity index (χ2n) is 5.79. The van der Waals surface area contributed by atoms with Gasteiger partial charge in [-0.2, -0.15) is 9.49 Å². The molecule has 1 amide bonds. The Labute approximate surface area is 141 Å². The maximum absolute atomic E-state index is 13.3. The number of rotatable bonds is 4. The number of amides is 1. The third-order valence-electron chi connectivity index (χ3n) is 4.00. The predicted octanol–water partition coefficient (Wildman–Crippen LogP) is 1.46. The van der Waals surface area contributed by atoms with Crippen LogP contribution in [0.3, 0.4) is 0 Å². The first-order chi connectivity index (χ1) is 12.0. The summed E-state index contributed by atoms with van der Waals surface area (Å²) in [5, 5.41) is 17.3. The summed E-state index contributed by atoms with van der Waals surface area (Å²) < 4.78 is 16.0. The van der Waals surface area contributed by atoms with Crippen molar-refractivity contribution >= 4 is 17.3 Å². The molecule has 0 bridgehead atoms. The van der Waals surface area contributed by atoms with Crippen molar-refractivity contribution in [2.75, 3.05) is 5.32 Å². The summed E-state index contributed by atoms with van der Waals surface area (Å²) in [4.78, 5) is 34.2. The average Bonchev–Trinajstić information content (AvgIpc) is 2.74. The molecule has 0 aliphatic carbocycles. The van der Waals surface area contributed by atoms with Gasteiger partial charge in [-0.05, 0) is 25.0 Å². The molecular weight excluding hydrogens is 333 g/mol. The quantitative estimate of drug-likeness (QED) is 0.663. The number of nitrogens with zero attached hydrogens (tertiary/aromatic N) is 4. The number of fused-ring (bicyclic) bond motifs is 1. The predicted molar refractivity (Wildman–Crippen MR) is 85.7 cm³/mol. The maximum Gasteiger partial charge on any atom is 0.346 e. The van der Waals surface area contributed by atoms with Crippen LogP contribution in [0, 0.1) is 15.9 Å².